The lowest BCUT2D eigenvalue weighted by atomic mass is 10.1. The lowest BCUT2D eigenvalue weighted by Gasteiger charge is -2.12. The number of nitrogens with zero attached hydrogens (tertiary/aromatic N) is 3. The van der Waals surface area contributed by atoms with Crippen molar-refractivity contribution in [2.75, 3.05) is 18.8 Å². The number of hydrogen-bond acceptors (Lipinski definition) is 4. The van der Waals surface area contributed by atoms with Crippen LogP contribution in [0.15, 0.2) is 54.7 Å². The Labute approximate surface area is 187 Å². The number of aromatic nitrogens is 3. The first-order valence-corrected chi connectivity index (χ1v) is 11.2. The van der Waals surface area contributed by atoms with Crippen LogP contribution in [0.2, 0.25) is 0 Å². The molecule has 0 saturated heterocycles. The van der Waals surface area contributed by atoms with Crippen molar-refractivity contribution in [1.29, 1.82) is 0 Å². The van der Waals surface area contributed by atoms with E-state index in [2.05, 4.69) is 39.2 Å². The number of rotatable bonds is 8. The molecule has 6 nitrogen and oxygen atoms in total. The molecule has 160 valence electrons. The molecule has 0 aliphatic heterocycles. The molecular weight excluding hydrogens is 404 g/mol. The fourth-order valence-corrected chi connectivity index (χ4v) is 3.93. The van der Waals surface area contributed by atoms with Crippen molar-refractivity contribution in [3.63, 3.8) is 0 Å². The van der Waals surface area contributed by atoms with Crippen molar-refractivity contribution in [1.82, 2.24) is 25.2 Å². The number of benzene rings is 2. The number of pyridine rings is 1. The number of nitrogens with one attached hydrogen (secondary N) is 2. The van der Waals surface area contributed by atoms with Gasteiger partial charge >= 0.3 is 0 Å². The van der Waals surface area contributed by atoms with E-state index in [9.17, 15) is 0 Å². The van der Waals surface area contributed by atoms with Gasteiger partial charge in [0, 0.05) is 36.3 Å². The number of unbranched alkanes of at least 4 members (excludes halogenated alkanes) is 1. The number of fused-ring (bicyclic) bond motifs is 3. The van der Waals surface area contributed by atoms with Gasteiger partial charge in [0.05, 0.1) is 17.2 Å². The summed E-state index contributed by atoms with van der Waals surface area (Å²) < 4.78 is 2.32. The van der Waals surface area contributed by atoms with Crippen LogP contribution in [0.3, 0.4) is 0 Å². The van der Waals surface area contributed by atoms with Gasteiger partial charge in [0.25, 0.3) is 0 Å². The van der Waals surface area contributed by atoms with Gasteiger partial charge in [-0.1, -0.05) is 25.1 Å². The zero-order valence-electron chi connectivity index (χ0n) is 17.8. The quantitative estimate of drug-likeness (QED) is 0.216. The Balaban J connectivity index is 1.60. The van der Waals surface area contributed by atoms with Crippen LogP contribution in [0.25, 0.3) is 33.3 Å². The molecule has 0 saturated carbocycles. The average Bonchev–Trinajstić information content (AvgIpc) is 3.17. The molecular formula is C24H28N6S. The molecule has 0 unspecified atom stereocenters. The summed E-state index contributed by atoms with van der Waals surface area (Å²) in [6.07, 6.45) is 4.95. The molecule has 0 spiro atoms. The molecule has 4 aromatic rings. The Morgan fingerprint density at radius 2 is 1.77 bits per heavy atom. The Bertz CT molecular complexity index is 1180. The van der Waals surface area contributed by atoms with Crippen molar-refractivity contribution in [3.05, 3.63) is 54.7 Å². The molecule has 31 heavy (non-hydrogen) atoms. The highest BCUT2D eigenvalue weighted by Gasteiger charge is 2.15. The van der Waals surface area contributed by atoms with Gasteiger partial charge in [-0.2, -0.15) is 0 Å². The molecule has 0 aliphatic rings. The summed E-state index contributed by atoms with van der Waals surface area (Å²) >= 11 is 5.31. The molecule has 2 heterocycles. The minimum Gasteiger partial charge on any atom is -0.399 e. The fraction of sp³-hybridized carbons (Fsp3) is 0.292. The summed E-state index contributed by atoms with van der Waals surface area (Å²) in [6, 6.07) is 16.1. The van der Waals surface area contributed by atoms with E-state index in [1.54, 1.807) is 0 Å². The maximum atomic E-state index is 5.90. The Morgan fingerprint density at radius 1 is 1.00 bits per heavy atom. The van der Waals surface area contributed by atoms with Gasteiger partial charge in [-0.3, -0.25) is 4.98 Å². The third-order valence-electron chi connectivity index (χ3n) is 5.28. The zero-order chi connectivity index (χ0) is 21.6. The summed E-state index contributed by atoms with van der Waals surface area (Å²) in [6.45, 7) is 4.74. The van der Waals surface area contributed by atoms with Gasteiger partial charge in [-0.05, 0) is 61.8 Å². The van der Waals surface area contributed by atoms with Crippen LogP contribution in [-0.2, 0) is 6.54 Å². The van der Waals surface area contributed by atoms with E-state index in [4.69, 9.17) is 22.9 Å². The van der Waals surface area contributed by atoms with Crippen LogP contribution in [0.5, 0.6) is 0 Å². The highest BCUT2D eigenvalue weighted by atomic mass is 32.1. The molecule has 0 amide bonds. The average molecular weight is 433 g/mol. The lowest BCUT2D eigenvalue weighted by Crippen LogP contribution is -2.36. The summed E-state index contributed by atoms with van der Waals surface area (Å²) in [5.74, 6) is 0.946. The molecule has 0 bridgehead atoms. The first-order valence-electron chi connectivity index (χ1n) is 10.8. The van der Waals surface area contributed by atoms with Crippen molar-refractivity contribution >= 4 is 45.0 Å². The van der Waals surface area contributed by atoms with Gasteiger partial charge in [0.15, 0.2) is 5.11 Å². The zero-order valence-corrected chi connectivity index (χ0v) is 18.6. The molecule has 0 fully saturated rings. The summed E-state index contributed by atoms with van der Waals surface area (Å²) in [5.41, 5.74) is 10.7. The van der Waals surface area contributed by atoms with Crippen LogP contribution < -0.4 is 16.4 Å². The number of aryl methyl sites for hydroxylation is 1. The van der Waals surface area contributed by atoms with Crippen molar-refractivity contribution < 1.29 is 0 Å². The third kappa shape index (κ3) is 4.77. The van der Waals surface area contributed by atoms with Crippen LogP contribution >= 0.6 is 12.2 Å². The number of imidazole rings is 1. The molecule has 0 radical (unpaired) electrons. The van der Waals surface area contributed by atoms with E-state index in [0.717, 1.165) is 83.0 Å². The van der Waals surface area contributed by atoms with Crippen molar-refractivity contribution in [2.24, 2.45) is 0 Å². The van der Waals surface area contributed by atoms with E-state index in [0.29, 0.717) is 0 Å². The normalized spacial score (nSPS) is 11.1. The van der Waals surface area contributed by atoms with Crippen LogP contribution in [-0.4, -0.2) is 32.7 Å². The first kappa shape index (κ1) is 21.1. The Kier molecular flexibility index (Phi) is 6.62. The summed E-state index contributed by atoms with van der Waals surface area (Å²) in [4.78, 5) is 9.53. The highest BCUT2D eigenvalue weighted by molar-refractivity contribution is 7.80. The SMILES string of the molecule is CCCNC(=S)NCCCCn1c(-c2ccc(N)cc2)nc2cnc3ccccc3c21. The number of para-hydroxylation sites is 1. The number of thiocarbonyl (C=S) groups is 1. The van der Waals surface area contributed by atoms with Gasteiger partial charge in [0.1, 0.15) is 11.3 Å². The van der Waals surface area contributed by atoms with Crippen LogP contribution in [0, 0.1) is 0 Å². The standard InChI is InChI=1S/C24H28N6S/c1-2-13-26-24(31)27-14-5-6-15-30-22-19-7-3-4-8-20(19)28-16-21(22)29-23(30)17-9-11-18(25)12-10-17/h3-4,7-12,16H,2,5-6,13-15,25H2,1H3,(H2,26,27,31). The molecule has 4 rings (SSSR count). The molecule has 2 aromatic carbocycles. The monoisotopic (exact) mass is 432 g/mol. The second kappa shape index (κ2) is 9.75. The first-order chi connectivity index (χ1) is 15.2. The smallest absolute Gasteiger partial charge is 0.166 e. The number of hydrogen-bond donors (Lipinski definition) is 3. The topological polar surface area (TPSA) is 80.8 Å². The van der Waals surface area contributed by atoms with Crippen LogP contribution in [0.1, 0.15) is 26.2 Å². The number of anilines is 1. The van der Waals surface area contributed by atoms with Gasteiger partial charge in [0.2, 0.25) is 0 Å². The van der Waals surface area contributed by atoms with Gasteiger partial charge in [-0.15, -0.1) is 0 Å². The minimum atomic E-state index is 0.731. The summed E-state index contributed by atoms with van der Waals surface area (Å²) in [5, 5.41) is 8.35. The number of nitrogens with two attached hydrogens (primary N) is 1. The Morgan fingerprint density at radius 3 is 2.58 bits per heavy atom. The number of nitrogen functional groups attached to an aromatic ring is 1. The third-order valence-corrected chi connectivity index (χ3v) is 5.57. The molecule has 4 N–H and O–H groups in total. The molecule has 2 aromatic heterocycles. The predicted molar refractivity (Wildman–Crippen MR) is 133 cm³/mol. The van der Waals surface area contributed by atoms with Crippen molar-refractivity contribution in [2.45, 2.75) is 32.7 Å². The summed E-state index contributed by atoms with van der Waals surface area (Å²) in [7, 11) is 0. The van der Waals surface area contributed by atoms with Crippen LogP contribution in [0.4, 0.5) is 5.69 Å². The maximum Gasteiger partial charge on any atom is 0.166 e. The van der Waals surface area contributed by atoms with E-state index >= 15 is 0 Å². The predicted octanol–water partition coefficient (Wildman–Crippen LogP) is 4.49. The minimum absolute atomic E-state index is 0.731. The van der Waals surface area contributed by atoms with E-state index < -0.39 is 0 Å². The maximum absolute atomic E-state index is 5.90. The second-order valence-corrected chi connectivity index (χ2v) is 8.02. The lowest BCUT2D eigenvalue weighted by molar-refractivity contribution is 0.615. The van der Waals surface area contributed by atoms with E-state index in [-0.39, 0.29) is 0 Å². The second-order valence-electron chi connectivity index (χ2n) is 7.61. The largest absolute Gasteiger partial charge is 0.399 e. The van der Waals surface area contributed by atoms with Crippen molar-refractivity contribution in [3.8, 4) is 11.4 Å². The van der Waals surface area contributed by atoms with E-state index in [1.807, 2.05) is 42.6 Å². The molecule has 0 atom stereocenters. The van der Waals surface area contributed by atoms with Gasteiger partial charge in [-0.25, -0.2) is 4.98 Å². The van der Waals surface area contributed by atoms with Gasteiger partial charge < -0.3 is 20.9 Å². The van der Waals surface area contributed by atoms with E-state index in [1.165, 1.54) is 0 Å². The molecule has 7 heteroatoms. The highest BCUT2D eigenvalue weighted by Crippen LogP contribution is 2.30. The Hall–Kier alpha value is -3.19. The fourth-order valence-electron chi connectivity index (χ4n) is 3.73. The molecule has 0 aliphatic carbocycles.